The second-order valence-corrected chi connectivity index (χ2v) is 18.4. The number of unbranched alkanes of at least 4 members (excludes halogenated alkanes) is 1. The number of hydrogen-bond donors (Lipinski definition) is 1. The molecule has 1 spiro atoms. The molecular formula is C39H50N2O8Si. The van der Waals surface area contributed by atoms with Crippen molar-refractivity contribution < 1.29 is 38.4 Å². The molecule has 2 amide bonds. The molecular weight excluding hydrogens is 653 g/mol. The van der Waals surface area contributed by atoms with Gasteiger partial charge in [-0.3, -0.25) is 14.4 Å². The summed E-state index contributed by atoms with van der Waals surface area (Å²) in [4.78, 5) is 44.4. The maximum atomic E-state index is 14.9. The predicted molar refractivity (Wildman–Crippen MR) is 194 cm³/mol. The topological polar surface area (TPSA) is 115 Å². The standard InChI is InChI=1S/C39H50N2O8Si/c1-27-37(50(5,6)31-18-15-29(46-2)16-19-31)34(25-35(43)40(22-23-42)26-28-12-8-7-9-13-28)49-39(27)32-24-30(47-3)17-20-33(32)41(38(39)45)21-11-10-14-36(44)48-4/h7-9,12-13,15-20,24,27,34,37,42H,10-11,14,21-23,25-26H2,1-6H3/t27-,34+,37-,39+/m1/s1. The van der Waals surface area contributed by atoms with Crippen LogP contribution in [0, 0.1) is 5.92 Å². The second kappa shape index (κ2) is 15.8. The van der Waals surface area contributed by atoms with E-state index in [0.29, 0.717) is 31.7 Å². The average molecular weight is 703 g/mol. The zero-order valence-corrected chi connectivity index (χ0v) is 31.0. The molecule has 11 heteroatoms. The van der Waals surface area contributed by atoms with Crippen LogP contribution < -0.4 is 19.6 Å². The maximum absolute atomic E-state index is 14.9. The number of benzene rings is 3. The van der Waals surface area contributed by atoms with Crippen molar-refractivity contribution >= 4 is 36.7 Å². The maximum Gasteiger partial charge on any atom is 0.305 e. The predicted octanol–water partition coefficient (Wildman–Crippen LogP) is 5.02. The summed E-state index contributed by atoms with van der Waals surface area (Å²) in [5.74, 6) is 0.477. The van der Waals surface area contributed by atoms with Gasteiger partial charge in [-0.1, -0.05) is 67.7 Å². The highest BCUT2D eigenvalue weighted by Crippen LogP contribution is 2.60. The molecule has 3 aromatic carbocycles. The van der Waals surface area contributed by atoms with Crippen LogP contribution in [0.5, 0.6) is 11.5 Å². The minimum atomic E-state index is -2.49. The lowest BCUT2D eigenvalue weighted by atomic mass is 9.82. The first-order chi connectivity index (χ1) is 24.0. The van der Waals surface area contributed by atoms with Gasteiger partial charge in [0.15, 0.2) is 5.60 Å². The lowest BCUT2D eigenvalue weighted by Crippen LogP contribution is -2.52. The highest BCUT2D eigenvalue weighted by atomic mass is 28.3. The van der Waals surface area contributed by atoms with Crippen molar-refractivity contribution in [2.45, 2.75) is 69.5 Å². The SMILES string of the molecule is COC(=O)CCCCN1C(=O)[C@@]2(O[C@@H](CC(=O)N(CCO)Cc3ccccc3)[C@H]([Si](C)(C)c3ccc(OC)cc3)[C@H]2C)c2cc(OC)ccc21. The summed E-state index contributed by atoms with van der Waals surface area (Å²) < 4.78 is 23.1. The molecule has 268 valence electrons. The van der Waals surface area contributed by atoms with Gasteiger partial charge in [0.1, 0.15) is 11.5 Å². The van der Waals surface area contributed by atoms with E-state index in [-0.39, 0.29) is 55.2 Å². The first-order valence-corrected chi connectivity index (χ1v) is 20.4. The van der Waals surface area contributed by atoms with Crippen LogP contribution in [-0.4, -0.2) is 83.0 Å². The highest BCUT2D eigenvalue weighted by molar-refractivity contribution is 6.91. The summed E-state index contributed by atoms with van der Waals surface area (Å²) >= 11 is 0. The van der Waals surface area contributed by atoms with Crippen molar-refractivity contribution in [1.29, 1.82) is 0 Å². The molecule has 2 aliphatic rings. The van der Waals surface area contributed by atoms with E-state index in [1.807, 2.05) is 60.7 Å². The third-order valence-electron chi connectivity index (χ3n) is 10.6. The van der Waals surface area contributed by atoms with Gasteiger partial charge in [-0.25, -0.2) is 0 Å². The van der Waals surface area contributed by atoms with Gasteiger partial charge < -0.3 is 33.9 Å². The Balaban J connectivity index is 1.56. The summed E-state index contributed by atoms with van der Waals surface area (Å²) in [5, 5.41) is 11.1. The number of rotatable bonds is 15. The number of fused-ring (bicyclic) bond motifs is 2. The molecule has 1 N–H and O–H groups in total. The summed E-state index contributed by atoms with van der Waals surface area (Å²) in [6.07, 6.45) is 0.921. The van der Waals surface area contributed by atoms with Gasteiger partial charge in [0.2, 0.25) is 5.91 Å². The van der Waals surface area contributed by atoms with Gasteiger partial charge in [-0.05, 0) is 54.3 Å². The average Bonchev–Trinajstić information content (AvgIpc) is 3.55. The number of hydrogen-bond acceptors (Lipinski definition) is 8. The van der Waals surface area contributed by atoms with Crippen LogP contribution in [0.1, 0.15) is 43.7 Å². The van der Waals surface area contributed by atoms with Gasteiger partial charge in [0, 0.05) is 37.5 Å². The van der Waals surface area contributed by atoms with Crippen molar-refractivity contribution in [3.63, 3.8) is 0 Å². The fraction of sp³-hybridized carbons (Fsp3) is 0.462. The Labute approximate surface area is 296 Å². The lowest BCUT2D eigenvalue weighted by molar-refractivity contribution is -0.150. The van der Waals surface area contributed by atoms with Crippen LogP contribution in [0.25, 0.3) is 0 Å². The minimum Gasteiger partial charge on any atom is -0.497 e. The number of nitrogens with zero attached hydrogens (tertiary/aromatic N) is 2. The molecule has 0 bridgehead atoms. The molecule has 50 heavy (non-hydrogen) atoms. The van der Waals surface area contributed by atoms with Gasteiger partial charge >= 0.3 is 5.97 Å². The molecule has 1 fully saturated rings. The van der Waals surface area contributed by atoms with Crippen LogP contribution in [0.3, 0.4) is 0 Å². The number of esters is 1. The fourth-order valence-electron chi connectivity index (χ4n) is 8.00. The van der Waals surface area contributed by atoms with E-state index in [4.69, 9.17) is 18.9 Å². The smallest absolute Gasteiger partial charge is 0.305 e. The number of carbonyl (C=O) groups excluding carboxylic acids is 3. The second-order valence-electron chi connectivity index (χ2n) is 13.8. The molecule has 0 unspecified atom stereocenters. The highest BCUT2D eigenvalue weighted by Gasteiger charge is 2.66. The number of carbonyl (C=O) groups is 3. The molecule has 4 atom stereocenters. The Kier molecular flexibility index (Phi) is 11.7. The molecule has 10 nitrogen and oxygen atoms in total. The molecule has 0 radical (unpaired) electrons. The number of aliphatic hydroxyl groups is 1. The summed E-state index contributed by atoms with van der Waals surface area (Å²) in [6, 6.07) is 23.5. The Morgan fingerprint density at radius 2 is 1.64 bits per heavy atom. The molecule has 5 rings (SSSR count). The minimum absolute atomic E-state index is 0.0574. The molecule has 3 aromatic rings. The Hall–Kier alpha value is -4.19. The summed E-state index contributed by atoms with van der Waals surface area (Å²) in [6.45, 7) is 7.42. The van der Waals surface area contributed by atoms with Crippen molar-refractivity contribution in [2.24, 2.45) is 5.92 Å². The third kappa shape index (κ3) is 7.17. The van der Waals surface area contributed by atoms with Crippen molar-refractivity contribution in [2.75, 3.05) is 45.9 Å². The van der Waals surface area contributed by atoms with Crippen LogP contribution in [0.15, 0.2) is 72.8 Å². The van der Waals surface area contributed by atoms with Gasteiger partial charge in [-0.2, -0.15) is 0 Å². The molecule has 0 aromatic heterocycles. The van der Waals surface area contributed by atoms with Crippen LogP contribution in [0.4, 0.5) is 5.69 Å². The van der Waals surface area contributed by atoms with Crippen molar-refractivity contribution in [3.8, 4) is 11.5 Å². The van der Waals surface area contributed by atoms with E-state index in [1.165, 1.54) is 12.3 Å². The Morgan fingerprint density at radius 1 is 0.960 bits per heavy atom. The number of aliphatic hydroxyl groups excluding tert-OH is 1. The van der Waals surface area contributed by atoms with Crippen LogP contribution in [0.2, 0.25) is 18.6 Å². The lowest BCUT2D eigenvalue weighted by Gasteiger charge is -2.37. The summed E-state index contributed by atoms with van der Waals surface area (Å²) in [7, 11) is 2.12. The first kappa shape index (κ1) is 37.1. The Morgan fingerprint density at radius 3 is 2.28 bits per heavy atom. The summed E-state index contributed by atoms with van der Waals surface area (Å²) in [5.41, 5.74) is 0.958. The van der Waals surface area contributed by atoms with Crippen LogP contribution >= 0.6 is 0 Å². The monoisotopic (exact) mass is 702 g/mol. The van der Waals surface area contributed by atoms with Gasteiger partial charge in [-0.15, -0.1) is 0 Å². The Bertz CT molecular complexity index is 1650. The number of ether oxygens (including phenoxy) is 4. The molecule has 0 aliphatic carbocycles. The molecule has 2 aliphatic heterocycles. The number of amides is 2. The van der Waals surface area contributed by atoms with Crippen molar-refractivity contribution in [1.82, 2.24) is 4.90 Å². The first-order valence-electron chi connectivity index (χ1n) is 17.3. The van der Waals surface area contributed by atoms with E-state index in [1.54, 1.807) is 24.0 Å². The largest absolute Gasteiger partial charge is 0.497 e. The van der Waals surface area contributed by atoms with E-state index < -0.39 is 19.8 Å². The van der Waals surface area contributed by atoms with Crippen LogP contribution in [-0.2, 0) is 36.0 Å². The normalized spacial score (nSPS) is 21.3. The third-order valence-corrected chi connectivity index (χ3v) is 15.0. The number of anilines is 1. The van der Waals surface area contributed by atoms with Gasteiger partial charge in [0.25, 0.3) is 5.91 Å². The number of methoxy groups -OCH3 is 3. The zero-order chi connectivity index (χ0) is 36.1. The quantitative estimate of drug-likeness (QED) is 0.134. The van der Waals surface area contributed by atoms with Crippen molar-refractivity contribution in [3.05, 3.63) is 83.9 Å². The fourth-order valence-corrected chi connectivity index (χ4v) is 12.0. The van der Waals surface area contributed by atoms with E-state index in [2.05, 4.69) is 32.2 Å². The molecule has 0 saturated carbocycles. The van der Waals surface area contributed by atoms with Gasteiger partial charge in [0.05, 0.1) is 54.2 Å². The molecule has 2 heterocycles. The van der Waals surface area contributed by atoms with E-state index >= 15 is 0 Å². The zero-order valence-electron chi connectivity index (χ0n) is 30.0. The van der Waals surface area contributed by atoms with E-state index in [0.717, 1.165) is 22.6 Å². The molecule has 1 saturated heterocycles. The van der Waals surface area contributed by atoms with E-state index in [9.17, 15) is 19.5 Å².